The van der Waals surface area contributed by atoms with E-state index in [9.17, 15) is 14.4 Å². The van der Waals surface area contributed by atoms with Gasteiger partial charge >= 0.3 is 6.09 Å². The largest absolute Gasteiger partial charge is 0.448 e. The maximum absolute atomic E-state index is 15.1. The molecule has 7 N–H and O–H groups in total. The van der Waals surface area contributed by atoms with Crippen LogP contribution in [0.15, 0.2) is 48.5 Å². The third kappa shape index (κ3) is 14.8. The number of para-hydroxylation sites is 1. The van der Waals surface area contributed by atoms with Gasteiger partial charge in [-0.1, -0.05) is 90.4 Å². The van der Waals surface area contributed by atoms with E-state index in [-0.39, 0.29) is 47.9 Å². The molecule has 68 heavy (non-hydrogen) atoms. The van der Waals surface area contributed by atoms with Crippen molar-refractivity contribution in [3.63, 3.8) is 0 Å². The lowest BCUT2D eigenvalue weighted by atomic mass is 9.66. The van der Waals surface area contributed by atoms with Crippen molar-refractivity contribution in [3.8, 4) is 0 Å². The number of nitrogens with two attached hydrogens (primary N) is 1. The van der Waals surface area contributed by atoms with Gasteiger partial charge in [0.2, 0.25) is 11.8 Å². The highest BCUT2D eigenvalue weighted by atomic mass is 16.5. The average molecular weight is 946 g/mol. The van der Waals surface area contributed by atoms with E-state index in [1.165, 1.54) is 0 Å². The van der Waals surface area contributed by atoms with Gasteiger partial charge in [0.25, 0.3) is 0 Å². The number of Topliss-reactive ketones (excluding diaryl/α,β-unsaturated/α-hetero) is 1. The van der Waals surface area contributed by atoms with Gasteiger partial charge in [0.15, 0.2) is 5.78 Å². The summed E-state index contributed by atoms with van der Waals surface area (Å²) in [6.45, 7) is 26.0. The molecule has 0 saturated heterocycles. The molecule has 380 valence electrons. The Kier molecular flexibility index (Phi) is 19.3. The first-order valence-corrected chi connectivity index (χ1v) is 24.8. The van der Waals surface area contributed by atoms with Crippen LogP contribution in [-0.4, -0.2) is 86.9 Å². The zero-order valence-electron chi connectivity index (χ0n) is 44.1. The van der Waals surface area contributed by atoms with E-state index in [2.05, 4.69) is 54.4 Å². The zero-order chi connectivity index (χ0) is 50.7. The monoisotopic (exact) mass is 946 g/mol. The summed E-state index contributed by atoms with van der Waals surface area (Å²) in [6.07, 6.45) is 6.60. The fraction of sp³-hybridized carbons (Fsp3) is 0.667. The number of unbranched alkanes of at least 4 members (excludes halogenated alkanes) is 1. The number of methoxy groups -OCH3 is 1. The van der Waals surface area contributed by atoms with E-state index in [1.54, 1.807) is 7.11 Å². The van der Waals surface area contributed by atoms with E-state index < -0.39 is 28.1 Å². The Balaban J connectivity index is 1.43. The van der Waals surface area contributed by atoms with E-state index in [0.29, 0.717) is 55.4 Å². The van der Waals surface area contributed by atoms with Gasteiger partial charge in [-0.2, -0.15) is 0 Å². The van der Waals surface area contributed by atoms with E-state index in [1.807, 2.05) is 116 Å². The van der Waals surface area contributed by atoms with Crippen LogP contribution in [0.25, 0.3) is 11.4 Å². The minimum Gasteiger partial charge on any atom is -0.448 e. The smallest absolute Gasteiger partial charge is 0.407 e. The SMILES string of the molecule is CNC(CCCCNC(=O)OCCN/C1=C(\NN)c2ccccc2N(C(=O)C(C)(C)CC(C)(C)NC(=O)C(C)(C)CC(C)(C)C(C)(C)OCCC(C)(C)OC)Cc2ccccc21)C(=O)C1CCC1. The Morgan fingerprint density at radius 3 is 2.06 bits per heavy atom. The van der Waals surface area contributed by atoms with Crippen molar-refractivity contribution in [2.45, 2.75) is 170 Å². The number of nitrogens with one attached hydrogen (secondary N) is 5. The van der Waals surface area contributed by atoms with Crippen molar-refractivity contribution < 1.29 is 33.4 Å². The van der Waals surface area contributed by atoms with Crippen LogP contribution in [0.2, 0.25) is 0 Å². The number of amides is 3. The van der Waals surface area contributed by atoms with Crippen LogP contribution >= 0.6 is 0 Å². The van der Waals surface area contributed by atoms with Gasteiger partial charge < -0.3 is 45.8 Å². The second kappa shape index (κ2) is 23.4. The van der Waals surface area contributed by atoms with Crippen molar-refractivity contribution in [3.05, 3.63) is 65.2 Å². The normalized spacial score (nSPS) is 16.6. The van der Waals surface area contributed by atoms with Crippen LogP contribution in [-0.2, 0) is 35.1 Å². The number of hydrazine groups is 1. The summed E-state index contributed by atoms with van der Waals surface area (Å²) in [6, 6.07) is 15.4. The fourth-order valence-corrected chi connectivity index (χ4v) is 9.62. The number of hydrogen-bond acceptors (Lipinski definition) is 11. The molecule has 1 aliphatic heterocycles. The van der Waals surface area contributed by atoms with Crippen molar-refractivity contribution in [2.75, 3.05) is 45.4 Å². The average Bonchev–Trinajstić information content (AvgIpc) is 3.23. The number of benzene rings is 2. The lowest BCUT2D eigenvalue weighted by Gasteiger charge is -2.46. The molecule has 14 nitrogen and oxygen atoms in total. The summed E-state index contributed by atoms with van der Waals surface area (Å²) in [7, 11) is 3.54. The van der Waals surface area contributed by atoms with Crippen LogP contribution in [0.1, 0.15) is 158 Å². The van der Waals surface area contributed by atoms with Gasteiger partial charge in [0, 0.05) is 53.6 Å². The van der Waals surface area contributed by atoms with E-state index in [4.69, 9.17) is 20.1 Å². The summed E-state index contributed by atoms with van der Waals surface area (Å²) < 4.78 is 17.6. The first-order valence-electron chi connectivity index (χ1n) is 24.8. The Bertz CT molecular complexity index is 2070. The molecule has 0 spiro atoms. The number of carbonyl (C=O) groups is 4. The quantitative estimate of drug-likeness (QED) is 0.0301. The van der Waals surface area contributed by atoms with Crippen LogP contribution in [0.3, 0.4) is 0 Å². The Labute approximate surface area is 408 Å². The number of alkyl carbamates (subject to hydrolysis) is 1. The number of fused-ring (bicyclic) bond motifs is 2. The fourth-order valence-electron chi connectivity index (χ4n) is 9.62. The highest BCUT2D eigenvalue weighted by molar-refractivity contribution is 6.03. The summed E-state index contributed by atoms with van der Waals surface area (Å²) in [5.74, 6) is 6.66. The Hall–Kier alpha value is -4.50. The number of carbonyl (C=O) groups excluding carboxylic acids is 4. The maximum Gasteiger partial charge on any atom is 0.407 e. The molecular formula is C54H87N7O7. The van der Waals surface area contributed by atoms with E-state index >= 15 is 4.79 Å². The molecule has 1 aliphatic carbocycles. The minimum absolute atomic E-state index is 0.0851. The van der Waals surface area contributed by atoms with Crippen molar-refractivity contribution in [2.24, 2.45) is 28.0 Å². The Morgan fingerprint density at radius 1 is 0.794 bits per heavy atom. The molecule has 0 aromatic heterocycles. The summed E-state index contributed by atoms with van der Waals surface area (Å²) in [4.78, 5) is 56.4. The second-order valence-corrected chi connectivity index (χ2v) is 22.7. The van der Waals surface area contributed by atoms with Crippen molar-refractivity contribution >= 4 is 40.8 Å². The molecule has 1 heterocycles. The zero-order valence-corrected chi connectivity index (χ0v) is 44.1. The molecule has 1 fully saturated rings. The van der Waals surface area contributed by atoms with Gasteiger partial charge in [0.05, 0.1) is 47.5 Å². The van der Waals surface area contributed by atoms with Crippen LogP contribution < -0.4 is 37.4 Å². The number of hydrogen-bond donors (Lipinski definition) is 6. The maximum atomic E-state index is 15.1. The predicted molar refractivity (Wildman–Crippen MR) is 273 cm³/mol. The molecule has 0 bridgehead atoms. The van der Waals surface area contributed by atoms with E-state index in [0.717, 1.165) is 61.6 Å². The molecule has 0 radical (unpaired) electrons. The molecule has 2 aromatic carbocycles. The van der Waals surface area contributed by atoms with Crippen LogP contribution in [0.5, 0.6) is 0 Å². The first kappa shape index (κ1) is 56.1. The standard InChI is InChI=1S/C54H87N7O7/c1-49(2,35-51(5,6)54(11,12)68-32-29-53(9,10)66-14)46(63)59-52(7,8)36-50(3,4)47(64)61-34-38-22-15-16-25-39(38)43(44(60-55)40-26-17-18-28-42(40)61)57-31-33-67-48(65)58-30-20-19-27-41(56-13)45(62)37-23-21-24-37/h15-18,22,25-26,28,37,41,56-57,60H,19-21,23-24,27,29-36,55H2,1-14H3,(H,58,65)(H,59,63)/b44-43-. The van der Waals surface area contributed by atoms with Crippen LogP contribution in [0.4, 0.5) is 10.5 Å². The van der Waals surface area contributed by atoms with Crippen molar-refractivity contribution in [1.82, 2.24) is 26.7 Å². The minimum atomic E-state index is -0.921. The summed E-state index contributed by atoms with van der Waals surface area (Å²) in [5.41, 5.74) is 3.76. The first-order chi connectivity index (χ1) is 31.7. The highest BCUT2D eigenvalue weighted by Crippen LogP contribution is 2.45. The highest BCUT2D eigenvalue weighted by Gasteiger charge is 2.46. The topological polar surface area (TPSA) is 185 Å². The number of likely N-dealkylation sites (N-methyl/N-ethyl adjacent to an activating group) is 1. The lowest BCUT2D eigenvalue weighted by molar-refractivity contribution is -0.143. The van der Waals surface area contributed by atoms with Gasteiger partial charge in [-0.15, -0.1) is 0 Å². The number of rotatable bonds is 26. The molecular weight excluding hydrogens is 859 g/mol. The third-order valence-electron chi connectivity index (χ3n) is 14.5. The number of anilines is 1. The molecule has 1 atom stereocenters. The molecule has 14 heteroatoms. The molecule has 1 saturated carbocycles. The van der Waals surface area contributed by atoms with Crippen molar-refractivity contribution in [1.29, 1.82) is 0 Å². The predicted octanol–water partition coefficient (Wildman–Crippen LogP) is 8.63. The number of ketones is 1. The second-order valence-electron chi connectivity index (χ2n) is 22.7. The van der Waals surface area contributed by atoms with Gasteiger partial charge in [-0.05, 0) is 117 Å². The molecule has 2 aromatic rings. The molecule has 4 rings (SSSR count). The van der Waals surface area contributed by atoms with Gasteiger partial charge in [-0.3, -0.25) is 20.2 Å². The Morgan fingerprint density at radius 2 is 1.44 bits per heavy atom. The summed E-state index contributed by atoms with van der Waals surface area (Å²) >= 11 is 0. The van der Waals surface area contributed by atoms with Gasteiger partial charge in [-0.25, -0.2) is 4.79 Å². The lowest BCUT2D eigenvalue weighted by Crippen LogP contribution is -2.55. The molecule has 1 unspecified atom stereocenters. The summed E-state index contributed by atoms with van der Waals surface area (Å²) in [5, 5.41) is 12.8. The molecule has 2 aliphatic rings. The molecule has 3 amide bonds. The third-order valence-corrected chi connectivity index (χ3v) is 14.5. The number of ether oxygens (including phenoxy) is 3. The van der Waals surface area contributed by atoms with Crippen LogP contribution in [0, 0.1) is 22.2 Å². The number of nitrogens with zero attached hydrogens (tertiary/aromatic N) is 1. The van der Waals surface area contributed by atoms with Gasteiger partial charge in [0.1, 0.15) is 6.61 Å².